The second-order valence-corrected chi connectivity index (χ2v) is 5.80. The van der Waals surface area contributed by atoms with E-state index in [2.05, 4.69) is 60.3 Å². The molecule has 1 heterocycles. The van der Waals surface area contributed by atoms with Crippen LogP contribution in [0.2, 0.25) is 0 Å². The molecule has 1 unspecified atom stereocenters. The highest BCUT2D eigenvalue weighted by atomic mass is 15.1. The van der Waals surface area contributed by atoms with Crippen LogP contribution in [-0.4, -0.2) is 16.0 Å². The van der Waals surface area contributed by atoms with Crippen molar-refractivity contribution in [1.82, 2.24) is 9.97 Å². The van der Waals surface area contributed by atoms with Crippen LogP contribution < -0.4 is 11.1 Å². The second-order valence-electron chi connectivity index (χ2n) is 5.80. The molecule has 4 nitrogen and oxygen atoms in total. The number of aromatic nitrogens is 2. The number of anilines is 2. The van der Waals surface area contributed by atoms with Gasteiger partial charge in [-0.3, -0.25) is 0 Å². The molecule has 1 aromatic carbocycles. The normalized spacial score (nSPS) is 12.9. The number of hydrogen-bond donors (Lipinski definition) is 2. The lowest BCUT2D eigenvalue weighted by molar-refractivity contribution is 0.449. The third-order valence-corrected chi connectivity index (χ3v) is 3.42. The quantitative estimate of drug-likeness (QED) is 0.875. The Bertz CT molecular complexity index is 551. The number of benzene rings is 1. The van der Waals surface area contributed by atoms with Gasteiger partial charge in [-0.1, -0.05) is 44.2 Å². The van der Waals surface area contributed by atoms with Crippen LogP contribution in [0.15, 0.2) is 42.6 Å². The lowest BCUT2D eigenvalue weighted by Crippen LogP contribution is -2.28. The van der Waals surface area contributed by atoms with E-state index in [9.17, 15) is 0 Å². The van der Waals surface area contributed by atoms with Gasteiger partial charge in [0.25, 0.3) is 0 Å². The first kappa shape index (κ1) is 14.3. The largest absolute Gasteiger partial charge is 0.384 e. The molecule has 0 spiro atoms. The lowest BCUT2D eigenvalue weighted by atomic mass is 9.79. The molecule has 20 heavy (non-hydrogen) atoms. The van der Waals surface area contributed by atoms with E-state index in [-0.39, 0.29) is 11.5 Å². The van der Waals surface area contributed by atoms with Gasteiger partial charge in [0.1, 0.15) is 5.82 Å². The molecule has 0 saturated heterocycles. The van der Waals surface area contributed by atoms with Crippen molar-refractivity contribution in [2.45, 2.75) is 38.6 Å². The summed E-state index contributed by atoms with van der Waals surface area (Å²) < 4.78 is 0. The van der Waals surface area contributed by atoms with Crippen LogP contribution in [0.4, 0.5) is 11.8 Å². The topological polar surface area (TPSA) is 63.8 Å². The summed E-state index contributed by atoms with van der Waals surface area (Å²) in [5.74, 6) is 1.07. The molecule has 1 atom stereocenters. The highest BCUT2D eigenvalue weighted by Crippen LogP contribution is 2.28. The van der Waals surface area contributed by atoms with Crippen molar-refractivity contribution >= 4 is 11.8 Å². The maximum Gasteiger partial charge on any atom is 0.224 e. The van der Waals surface area contributed by atoms with E-state index in [1.807, 2.05) is 6.07 Å². The minimum atomic E-state index is 0.0913. The number of nitrogens with two attached hydrogens (primary N) is 1. The number of hydrogen-bond acceptors (Lipinski definition) is 4. The van der Waals surface area contributed by atoms with Crippen LogP contribution in [0.25, 0.3) is 0 Å². The van der Waals surface area contributed by atoms with Gasteiger partial charge >= 0.3 is 0 Å². The van der Waals surface area contributed by atoms with E-state index in [1.165, 1.54) is 5.56 Å². The van der Waals surface area contributed by atoms with Crippen LogP contribution in [-0.2, 0) is 5.41 Å². The summed E-state index contributed by atoms with van der Waals surface area (Å²) in [4.78, 5) is 8.35. The molecule has 2 aromatic rings. The van der Waals surface area contributed by atoms with E-state index >= 15 is 0 Å². The third kappa shape index (κ3) is 3.70. The van der Waals surface area contributed by atoms with Crippen LogP contribution in [0.5, 0.6) is 0 Å². The Hall–Kier alpha value is -2.10. The molecule has 0 aliphatic carbocycles. The van der Waals surface area contributed by atoms with Crippen LogP contribution in [0.1, 0.15) is 32.8 Å². The van der Waals surface area contributed by atoms with E-state index in [4.69, 9.17) is 5.73 Å². The Morgan fingerprint density at radius 2 is 1.90 bits per heavy atom. The lowest BCUT2D eigenvalue weighted by Gasteiger charge is -2.29. The van der Waals surface area contributed by atoms with Gasteiger partial charge in [-0.15, -0.1) is 0 Å². The van der Waals surface area contributed by atoms with Gasteiger partial charge in [-0.05, 0) is 30.4 Å². The molecule has 0 aliphatic rings. The third-order valence-electron chi connectivity index (χ3n) is 3.42. The molecule has 4 heteroatoms. The monoisotopic (exact) mass is 270 g/mol. The molecule has 0 amide bonds. The first-order valence-corrected chi connectivity index (χ1v) is 6.88. The summed E-state index contributed by atoms with van der Waals surface area (Å²) in [5.41, 5.74) is 7.09. The van der Waals surface area contributed by atoms with Gasteiger partial charge in [0.2, 0.25) is 5.95 Å². The van der Waals surface area contributed by atoms with Crippen molar-refractivity contribution in [1.29, 1.82) is 0 Å². The standard InChI is InChI=1S/C16H22N4/c1-12(19-15-18-10-9-14(17)20-15)11-16(2,3)13-7-5-4-6-8-13/h4-10,12H,11H2,1-3H3,(H3,17,18,19,20). The smallest absolute Gasteiger partial charge is 0.224 e. The highest BCUT2D eigenvalue weighted by molar-refractivity contribution is 5.36. The summed E-state index contributed by atoms with van der Waals surface area (Å²) >= 11 is 0. The molecule has 1 aromatic heterocycles. The highest BCUT2D eigenvalue weighted by Gasteiger charge is 2.23. The van der Waals surface area contributed by atoms with E-state index < -0.39 is 0 Å². The summed E-state index contributed by atoms with van der Waals surface area (Å²) in [6.45, 7) is 6.64. The van der Waals surface area contributed by atoms with E-state index in [0.29, 0.717) is 11.8 Å². The zero-order chi connectivity index (χ0) is 14.6. The number of nitrogen functional groups attached to an aromatic ring is 1. The first-order chi connectivity index (χ1) is 9.47. The Balaban J connectivity index is 2.02. The van der Waals surface area contributed by atoms with Gasteiger partial charge in [0.15, 0.2) is 0 Å². The zero-order valence-electron chi connectivity index (χ0n) is 12.3. The van der Waals surface area contributed by atoms with Crippen molar-refractivity contribution in [2.75, 3.05) is 11.1 Å². The fourth-order valence-electron chi connectivity index (χ4n) is 2.49. The minimum Gasteiger partial charge on any atom is -0.384 e. The number of rotatable bonds is 5. The number of nitrogens with one attached hydrogen (secondary N) is 1. The summed E-state index contributed by atoms with van der Waals surface area (Å²) in [7, 11) is 0. The van der Waals surface area contributed by atoms with Crippen LogP contribution >= 0.6 is 0 Å². The van der Waals surface area contributed by atoms with Crippen LogP contribution in [0, 0.1) is 0 Å². The Morgan fingerprint density at radius 3 is 2.55 bits per heavy atom. The van der Waals surface area contributed by atoms with Gasteiger partial charge < -0.3 is 11.1 Å². The Morgan fingerprint density at radius 1 is 1.20 bits per heavy atom. The van der Waals surface area contributed by atoms with Crippen molar-refractivity contribution in [3.63, 3.8) is 0 Å². The molecule has 3 N–H and O–H groups in total. The molecular formula is C16H22N4. The molecular weight excluding hydrogens is 248 g/mol. The first-order valence-electron chi connectivity index (χ1n) is 6.88. The molecule has 106 valence electrons. The molecule has 0 aliphatic heterocycles. The minimum absolute atomic E-state index is 0.0913. The van der Waals surface area contributed by atoms with Crippen molar-refractivity contribution in [2.24, 2.45) is 0 Å². The average molecular weight is 270 g/mol. The Kier molecular flexibility index (Phi) is 4.23. The summed E-state index contributed by atoms with van der Waals surface area (Å²) in [6.07, 6.45) is 2.65. The van der Waals surface area contributed by atoms with E-state index in [0.717, 1.165) is 6.42 Å². The number of nitrogens with zero attached hydrogens (tertiary/aromatic N) is 2. The predicted octanol–water partition coefficient (Wildman–Crippen LogP) is 3.23. The van der Waals surface area contributed by atoms with Gasteiger partial charge in [-0.2, -0.15) is 4.98 Å². The molecule has 0 radical (unpaired) electrons. The fourth-order valence-corrected chi connectivity index (χ4v) is 2.49. The van der Waals surface area contributed by atoms with Crippen molar-refractivity contribution in [3.05, 3.63) is 48.2 Å². The fraction of sp³-hybridized carbons (Fsp3) is 0.375. The van der Waals surface area contributed by atoms with Gasteiger partial charge in [0, 0.05) is 12.2 Å². The molecule has 0 saturated carbocycles. The summed E-state index contributed by atoms with van der Waals surface area (Å²) in [5, 5.41) is 3.31. The molecule has 2 rings (SSSR count). The zero-order valence-corrected chi connectivity index (χ0v) is 12.3. The maximum absolute atomic E-state index is 5.66. The summed E-state index contributed by atoms with van der Waals surface area (Å²) in [6, 6.07) is 12.5. The molecule has 0 fully saturated rings. The van der Waals surface area contributed by atoms with E-state index in [1.54, 1.807) is 12.3 Å². The van der Waals surface area contributed by atoms with Gasteiger partial charge in [0.05, 0.1) is 0 Å². The average Bonchev–Trinajstić information content (AvgIpc) is 2.39. The van der Waals surface area contributed by atoms with Crippen molar-refractivity contribution < 1.29 is 0 Å². The van der Waals surface area contributed by atoms with Crippen LogP contribution in [0.3, 0.4) is 0 Å². The maximum atomic E-state index is 5.66. The van der Waals surface area contributed by atoms with Crippen molar-refractivity contribution in [3.8, 4) is 0 Å². The second kappa shape index (κ2) is 5.90. The molecule has 0 bridgehead atoms. The SMILES string of the molecule is CC(CC(C)(C)c1ccccc1)Nc1nccc(N)n1. The van der Waals surface area contributed by atoms with Gasteiger partial charge in [-0.25, -0.2) is 4.98 Å². The Labute approximate surface area is 120 Å². The predicted molar refractivity (Wildman–Crippen MR) is 83.6 cm³/mol.